The molecule has 0 aliphatic heterocycles. The summed E-state index contributed by atoms with van der Waals surface area (Å²) >= 11 is 0. The van der Waals surface area contributed by atoms with Gasteiger partial charge in [-0.15, -0.1) is 0 Å². The van der Waals surface area contributed by atoms with E-state index in [4.69, 9.17) is 5.73 Å². The van der Waals surface area contributed by atoms with Gasteiger partial charge in [-0.1, -0.05) is 31.4 Å². The first-order chi connectivity index (χ1) is 10.5. The van der Waals surface area contributed by atoms with Crippen LogP contribution in [0.15, 0.2) is 18.2 Å². The molecule has 6 heteroatoms. The molecule has 22 heavy (non-hydrogen) atoms. The molecule has 0 bridgehead atoms. The first-order valence-electron chi connectivity index (χ1n) is 7.79. The minimum Gasteiger partial charge on any atom is -0.348 e. The number of rotatable bonds is 5. The highest BCUT2D eigenvalue weighted by atomic mass is 16.6. The fourth-order valence-corrected chi connectivity index (χ4v) is 3.24. The lowest BCUT2D eigenvalue weighted by Crippen LogP contribution is -2.46. The van der Waals surface area contributed by atoms with E-state index in [-0.39, 0.29) is 17.3 Å². The second-order valence-electron chi connectivity index (χ2n) is 5.94. The Bertz CT molecular complexity index is 554. The number of nitro benzene ring substituents is 1. The topological polar surface area (TPSA) is 98.3 Å². The number of nitrogens with one attached hydrogen (secondary N) is 1. The van der Waals surface area contributed by atoms with Crippen LogP contribution in [0.3, 0.4) is 0 Å². The molecule has 0 aromatic heterocycles. The SMILES string of the molecule is Cc1cccc(C(=O)NC(CN)C2CCCCC2)c1[N+](=O)[O-]. The van der Waals surface area contributed by atoms with E-state index in [0.717, 1.165) is 25.7 Å². The van der Waals surface area contributed by atoms with E-state index < -0.39 is 10.8 Å². The van der Waals surface area contributed by atoms with Gasteiger partial charge in [0, 0.05) is 18.2 Å². The zero-order valence-electron chi connectivity index (χ0n) is 12.9. The Labute approximate surface area is 130 Å². The molecule has 1 unspecified atom stereocenters. The normalized spacial score (nSPS) is 17.0. The Hall–Kier alpha value is -1.95. The highest BCUT2D eigenvalue weighted by Crippen LogP contribution is 2.27. The highest BCUT2D eigenvalue weighted by molar-refractivity contribution is 5.98. The Balaban J connectivity index is 2.17. The van der Waals surface area contributed by atoms with Crippen molar-refractivity contribution in [3.8, 4) is 0 Å². The smallest absolute Gasteiger partial charge is 0.285 e. The van der Waals surface area contributed by atoms with Gasteiger partial charge in [-0.05, 0) is 31.7 Å². The molecular weight excluding hydrogens is 282 g/mol. The maximum absolute atomic E-state index is 12.5. The van der Waals surface area contributed by atoms with Gasteiger partial charge in [-0.3, -0.25) is 14.9 Å². The van der Waals surface area contributed by atoms with Gasteiger partial charge in [0.1, 0.15) is 5.56 Å². The summed E-state index contributed by atoms with van der Waals surface area (Å²) in [4.78, 5) is 23.2. The Morgan fingerprint density at radius 1 is 1.41 bits per heavy atom. The molecule has 3 N–H and O–H groups in total. The van der Waals surface area contributed by atoms with E-state index >= 15 is 0 Å². The Morgan fingerprint density at radius 2 is 2.09 bits per heavy atom. The summed E-state index contributed by atoms with van der Waals surface area (Å²) in [6, 6.07) is 4.67. The lowest BCUT2D eigenvalue weighted by molar-refractivity contribution is -0.385. The van der Waals surface area contributed by atoms with Gasteiger partial charge in [-0.25, -0.2) is 0 Å². The van der Waals surface area contributed by atoms with E-state index in [1.165, 1.54) is 12.5 Å². The minimum atomic E-state index is -0.498. The van der Waals surface area contributed by atoms with Crippen LogP contribution in [0.25, 0.3) is 0 Å². The number of amides is 1. The average molecular weight is 305 g/mol. The van der Waals surface area contributed by atoms with E-state index in [0.29, 0.717) is 18.0 Å². The van der Waals surface area contributed by atoms with Crippen LogP contribution >= 0.6 is 0 Å². The summed E-state index contributed by atoms with van der Waals surface area (Å²) in [5.41, 5.74) is 6.28. The monoisotopic (exact) mass is 305 g/mol. The predicted molar refractivity (Wildman–Crippen MR) is 84.7 cm³/mol. The third-order valence-electron chi connectivity index (χ3n) is 4.45. The quantitative estimate of drug-likeness (QED) is 0.645. The van der Waals surface area contributed by atoms with Crippen molar-refractivity contribution in [3.63, 3.8) is 0 Å². The molecule has 0 radical (unpaired) electrons. The molecule has 1 aromatic carbocycles. The third kappa shape index (κ3) is 3.62. The molecule has 120 valence electrons. The lowest BCUT2D eigenvalue weighted by Gasteiger charge is -2.30. The molecule has 1 aliphatic rings. The van der Waals surface area contributed by atoms with E-state index in [1.807, 2.05) is 0 Å². The van der Waals surface area contributed by atoms with Crippen LogP contribution in [0.5, 0.6) is 0 Å². The largest absolute Gasteiger partial charge is 0.348 e. The van der Waals surface area contributed by atoms with Crippen LogP contribution in [0.4, 0.5) is 5.69 Å². The number of nitrogens with zero attached hydrogens (tertiary/aromatic N) is 1. The molecule has 1 amide bonds. The van der Waals surface area contributed by atoms with E-state index in [2.05, 4.69) is 5.32 Å². The van der Waals surface area contributed by atoms with Crippen LogP contribution in [0, 0.1) is 23.0 Å². The molecule has 0 saturated heterocycles. The van der Waals surface area contributed by atoms with Gasteiger partial charge in [0.2, 0.25) is 0 Å². The summed E-state index contributed by atoms with van der Waals surface area (Å²) in [6.07, 6.45) is 5.64. The molecule has 6 nitrogen and oxygen atoms in total. The van der Waals surface area contributed by atoms with E-state index in [1.54, 1.807) is 19.1 Å². The van der Waals surface area contributed by atoms with Gasteiger partial charge >= 0.3 is 0 Å². The number of hydrogen-bond donors (Lipinski definition) is 2. The Morgan fingerprint density at radius 3 is 2.68 bits per heavy atom. The number of nitrogens with two attached hydrogens (primary N) is 1. The van der Waals surface area contributed by atoms with Crippen molar-refractivity contribution in [2.24, 2.45) is 11.7 Å². The van der Waals surface area contributed by atoms with Gasteiger partial charge < -0.3 is 11.1 Å². The van der Waals surface area contributed by atoms with Gasteiger partial charge in [-0.2, -0.15) is 0 Å². The molecule has 0 spiro atoms. The second kappa shape index (κ2) is 7.35. The van der Waals surface area contributed by atoms with E-state index in [9.17, 15) is 14.9 Å². The average Bonchev–Trinajstić information content (AvgIpc) is 2.52. The van der Waals surface area contributed by atoms with Crippen LogP contribution in [0.1, 0.15) is 48.0 Å². The maximum Gasteiger partial charge on any atom is 0.285 e. The number of benzene rings is 1. The lowest BCUT2D eigenvalue weighted by atomic mass is 9.84. The molecular formula is C16H23N3O3. The zero-order chi connectivity index (χ0) is 16.1. The molecule has 1 aromatic rings. The van der Waals surface area contributed by atoms with Crippen LogP contribution < -0.4 is 11.1 Å². The molecule has 2 rings (SSSR count). The third-order valence-corrected chi connectivity index (χ3v) is 4.45. The number of aryl methyl sites for hydroxylation is 1. The first kappa shape index (κ1) is 16.4. The maximum atomic E-state index is 12.5. The van der Waals surface area contributed by atoms with Crippen LogP contribution in [-0.4, -0.2) is 23.4 Å². The summed E-state index contributed by atoms with van der Waals surface area (Å²) < 4.78 is 0. The van der Waals surface area contributed by atoms with Crippen molar-refractivity contribution < 1.29 is 9.72 Å². The standard InChI is InChI=1S/C16H23N3O3/c1-11-6-5-9-13(15(11)19(21)22)16(20)18-14(10-17)12-7-3-2-4-8-12/h5-6,9,12,14H,2-4,7-8,10,17H2,1H3,(H,18,20). The van der Waals surface area contributed by atoms with Crippen LogP contribution in [0.2, 0.25) is 0 Å². The summed E-state index contributed by atoms with van der Waals surface area (Å²) in [5, 5.41) is 14.1. The summed E-state index contributed by atoms with van der Waals surface area (Å²) in [6.45, 7) is 1.99. The molecule has 1 fully saturated rings. The van der Waals surface area contributed by atoms with Gasteiger partial charge in [0.05, 0.1) is 4.92 Å². The first-order valence-corrected chi connectivity index (χ1v) is 7.79. The van der Waals surface area contributed by atoms with Gasteiger partial charge in [0.25, 0.3) is 11.6 Å². The number of carbonyl (C=O) groups excluding carboxylic acids is 1. The zero-order valence-corrected chi connectivity index (χ0v) is 12.9. The van der Waals surface area contributed by atoms with Crippen molar-refractivity contribution in [1.29, 1.82) is 0 Å². The van der Waals surface area contributed by atoms with Crippen LogP contribution in [-0.2, 0) is 0 Å². The van der Waals surface area contributed by atoms with Crippen molar-refractivity contribution in [2.75, 3.05) is 6.54 Å². The second-order valence-corrected chi connectivity index (χ2v) is 5.94. The van der Waals surface area contributed by atoms with Crippen molar-refractivity contribution >= 4 is 11.6 Å². The van der Waals surface area contributed by atoms with Crippen molar-refractivity contribution in [1.82, 2.24) is 5.32 Å². The summed E-state index contributed by atoms with van der Waals surface area (Å²) in [7, 11) is 0. The van der Waals surface area contributed by atoms with Crippen molar-refractivity contribution in [2.45, 2.75) is 45.1 Å². The number of carbonyl (C=O) groups is 1. The van der Waals surface area contributed by atoms with Gasteiger partial charge in [0.15, 0.2) is 0 Å². The fourth-order valence-electron chi connectivity index (χ4n) is 3.24. The number of para-hydroxylation sites is 1. The van der Waals surface area contributed by atoms with Crippen molar-refractivity contribution in [3.05, 3.63) is 39.4 Å². The Kier molecular flexibility index (Phi) is 5.49. The molecule has 1 atom stereocenters. The molecule has 1 saturated carbocycles. The molecule has 0 heterocycles. The summed E-state index contributed by atoms with van der Waals surface area (Å²) in [5.74, 6) is -0.0389. The molecule has 1 aliphatic carbocycles. The minimum absolute atomic E-state index is 0.110. The predicted octanol–water partition coefficient (Wildman–Crippen LogP) is 2.54. The fraction of sp³-hybridized carbons (Fsp3) is 0.562. The number of hydrogen-bond acceptors (Lipinski definition) is 4. The number of nitro groups is 1. The highest BCUT2D eigenvalue weighted by Gasteiger charge is 2.27.